The summed E-state index contributed by atoms with van der Waals surface area (Å²) in [5, 5.41) is 10.6. The van der Waals surface area contributed by atoms with E-state index in [9.17, 15) is 40.5 Å². The molecule has 0 aliphatic rings. The maximum absolute atomic E-state index is 13.2. The molecule has 0 aliphatic carbocycles. The average Bonchev–Trinajstić information content (AvgIpc) is 2.47. The Kier molecular flexibility index (Phi) is 4.66. The Morgan fingerprint density at radius 2 is 1.60 bits per heavy atom. The highest BCUT2D eigenvalue weighted by Gasteiger charge is 2.35. The smallest absolute Gasteiger partial charge is 0.279 e. The highest BCUT2D eigenvalue weighted by molar-refractivity contribution is 7.92. The van der Waals surface area contributed by atoms with Crippen molar-refractivity contribution in [3.63, 3.8) is 0 Å². The molecule has 25 heavy (non-hydrogen) atoms. The second-order valence-corrected chi connectivity index (χ2v) is 6.35. The second kappa shape index (κ2) is 6.27. The van der Waals surface area contributed by atoms with Crippen molar-refractivity contribution in [2.75, 3.05) is 4.72 Å². The summed E-state index contributed by atoms with van der Waals surface area (Å²) < 4.78 is 90.4. The summed E-state index contributed by atoms with van der Waals surface area (Å²) in [5.74, 6) is -2.89. The molecule has 0 heterocycles. The van der Waals surface area contributed by atoms with Crippen molar-refractivity contribution in [1.82, 2.24) is 0 Å². The predicted molar refractivity (Wildman–Crippen MR) is 75.3 cm³/mol. The zero-order chi connectivity index (χ0) is 19.0. The zero-order valence-corrected chi connectivity index (χ0v) is 12.7. The lowest BCUT2D eigenvalue weighted by molar-refractivity contribution is -0.387. The number of hydrogen-bond acceptors (Lipinski definition) is 4. The third-order valence-electron chi connectivity index (χ3n) is 2.95. The topological polar surface area (TPSA) is 89.3 Å². The molecule has 0 bridgehead atoms. The van der Waals surface area contributed by atoms with Crippen LogP contribution in [0.25, 0.3) is 0 Å². The number of rotatable bonds is 4. The molecule has 0 aromatic heterocycles. The van der Waals surface area contributed by atoms with Crippen LogP contribution in [0, 0.1) is 21.7 Å². The van der Waals surface area contributed by atoms with E-state index >= 15 is 0 Å². The van der Waals surface area contributed by atoms with Gasteiger partial charge in [0.05, 0.1) is 21.1 Å². The Hall–Kier alpha value is -2.76. The summed E-state index contributed by atoms with van der Waals surface area (Å²) in [5.41, 5.74) is -3.28. The Morgan fingerprint density at radius 3 is 2.16 bits per heavy atom. The number of nitrogens with zero attached hydrogens (tertiary/aromatic N) is 1. The first-order valence-electron chi connectivity index (χ1n) is 6.25. The van der Waals surface area contributed by atoms with Crippen LogP contribution in [0.2, 0.25) is 0 Å². The van der Waals surface area contributed by atoms with Gasteiger partial charge in [0.25, 0.3) is 10.0 Å². The molecule has 0 saturated heterocycles. The minimum absolute atomic E-state index is 0.0790. The van der Waals surface area contributed by atoms with E-state index in [-0.39, 0.29) is 6.07 Å². The van der Waals surface area contributed by atoms with Crippen LogP contribution >= 0.6 is 0 Å². The van der Waals surface area contributed by atoms with Gasteiger partial charge in [-0.25, -0.2) is 12.8 Å². The summed E-state index contributed by atoms with van der Waals surface area (Å²) in [6.07, 6.45) is -5.12. The first kappa shape index (κ1) is 18.6. The molecule has 0 amide bonds. The molecule has 0 atom stereocenters. The quantitative estimate of drug-likeness (QED) is 0.496. The third kappa shape index (κ3) is 4.02. The van der Waals surface area contributed by atoms with Gasteiger partial charge in [0, 0.05) is 6.07 Å². The SMILES string of the molecule is O=[N+]([O-])c1cc(NS(=O)(=O)c2ccc(F)c(C(F)(F)F)c2)ccc1F. The predicted octanol–water partition coefficient (Wildman–Crippen LogP) is 3.69. The summed E-state index contributed by atoms with van der Waals surface area (Å²) in [6, 6.07) is 3.00. The maximum Gasteiger partial charge on any atom is 0.419 e. The fraction of sp³-hybridized carbons (Fsp3) is 0.0769. The first-order chi connectivity index (χ1) is 11.4. The number of nitrogens with one attached hydrogen (secondary N) is 1. The van der Waals surface area contributed by atoms with Crippen molar-refractivity contribution in [2.45, 2.75) is 11.1 Å². The molecule has 1 N–H and O–H groups in total. The highest BCUT2D eigenvalue weighted by atomic mass is 32.2. The average molecular weight is 382 g/mol. The summed E-state index contributed by atoms with van der Waals surface area (Å²) >= 11 is 0. The largest absolute Gasteiger partial charge is 0.419 e. The number of hydrogen-bond donors (Lipinski definition) is 1. The molecular formula is C13H7F5N2O4S. The van der Waals surface area contributed by atoms with Gasteiger partial charge in [0.1, 0.15) is 5.82 Å². The molecule has 2 aromatic rings. The second-order valence-electron chi connectivity index (χ2n) is 4.67. The van der Waals surface area contributed by atoms with E-state index < -0.39 is 54.6 Å². The molecule has 2 rings (SSSR count). The van der Waals surface area contributed by atoms with E-state index in [1.54, 1.807) is 4.72 Å². The van der Waals surface area contributed by atoms with E-state index in [1.165, 1.54) is 0 Å². The Bertz CT molecular complexity index is 944. The summed E-state index contributed by atoms with van der Waals surface area (Å²) in [7, 11) is -4.63. The molecule has 12 heteroatoms. The van der Waals surface area contributed by atoms with Gasteiger partial charge in [-0.2, -0.15) is 17.6 Å². The molecule has 6 nitrogen and oxygen atoms in total. The molecule has 0 aliphatic heterocycles. The zero-order valence-electron chi connectivity index (χ0n) is 11.8. The lowest BCUT2D eigenvalue weighted by Gasteiger charge is -2.12. The molecular weight excluding hydrogens is 375 g/mol. The number of benzene rings is 2. The van der Waals surface area contributed by atoms with Gasteiger partial charge in [-0.3, -0.25) is 14.8 Å². The van der Waals surface area contributed by atoms with Crippen molar-refractivity contribution >= 4 is 21.4 Å². The van der Waals surface area contributed by atoms with Gasteiger partial charge in [0.15, 0.2) is 0 Å². The van der Waals surface area contributed by atoms with Crippen molar-refractivity contribution in [2.24, 2.45) is 0 Å². The van der Waals surface area contributed by atoms with E-state index in [1.807, 2.05) is 0 Å². The number of nitro benzene ring substituents is 1. The number of sulfonamides is 1. The fourth-order valence-electron chi connectivity index (χ4n) is 1.82. The third-order valence-corrected chi connectivity index (χ3v) is 4.33. The van der Waals surface area contributed by atoms with E-state index in [4.69, 9.17) is 0 Å². The van der Waals surface area contributed by atoms with Crippen LogP contribution < -0.4 is 4.72 Å². The molecule has 0 fully saturated rings. The minimum atomic E-state index is -5.12. The van der Waals surface area contributed by atoms with Gasteiger partial charge in [-0.1, -0.05) is 0 Å². The fourth-order valence-corrected chi connectivity index (χ4v) is 2.89. The van der Waals surface area contributed by atoms with Crippen LogP contribution in [-0.2, 0) is 16.2 Å². The summed E-state index contributed by atoms with van der Waals surface area (Å²) in [6.45, 7) is 0. The van der Waals surface area contributed by atoms with E-state index in [2.05, 4.69) is 0 Å². The van der Waals surface area contributed by atoms with Gasteiger partial charge in [-0.05, 0) is 30.3 Å². The molecule has 0 radical (unpaired) electrons. The van der Waals surface area contributed by atoms with Crippen LogP contribution in [0.4, 0.5) is 33.3 Å². The summed E-state index contributed by atoms with van der Waals surface area (Å²) in [4.78, 5) is 8.60. The lowest BCUT2D eigenvalue weighted by atomic mass is 10.2. The Morgan fingerprint density at radius 1 is 1.00 bits per heavy atom. The van der Waals surface area contributed by atoms with Crippen LogP contribution in [0.3, 0.4) is 0 Å². The van der Waals surface area contributed by atoms with Gasteiger partial charge < -0.3 is 0 Å². The lowest BCUT2D eigenvalue weighted by Crippen LogP contribution is -2.16. The first-order valence-corrected chi connectivity index (χ1v) is 7.73. The highest BCUT2D eigenvalue weighted by Crippen LogP contribution is 2.33. The van der Waals surface area contributed by atoms with Crippen molar-refractivity contribution in [3.8, 4) is 0 Å². The van der Waals surface area contributed by atoms with Gasteiger partial charge in [0.2, 0.25) is 5.82 Å². The monoisotopic (exact) mass is 382 g/mol. The molecule has 0 spiro atoms. The minimum Gasteiger partial charge on any atom is -0.279 e. The van der Waals surface area contributed by atoms with Crippen LogP contribution in [0.1, 0.15) is 5.56 Å². The van der Waals surface area contributed by atoms with E-state index in [0.29, 0.717) is 24.3 Å². The van der Waals surface area contributed by atoms with Crippen LogP contribution in [-0.4, -0.2) is 13.3 Å². The van der Waals surface area contributed by atoms with Crippen LogP contribution in [0.5, 0.6) is 0 Å². The van der Waals surface area contributed by atoms with Crippen LogP contribution in [0.15, 0.2) is 41.3 Å². The van der Waals surface area contributed by atoms with Gasteiger partial charge in [-0.15, -0.1) is 0 Å². The van der Waals surface area contributed by atoms with E-state index in [0.717, 1.165) is 6.07 Å². The number of nitro groups is 1. The molecule has 0 unspecified atom stereocenters. The Labute approximate surface area is 137 Å². The Balaban J connectivity index is 2.44. The number of halogens is 5. The number of anilines is 1. The number of alkyl halides is 3. The molecule has 0 saturated carbocycles. The van der Waals surface area contributed by atoms with Gasteiger partial charge >= 0.3 is 11.9 Å². The maximum atomic E-state index is 13.2. The molecule has 134 valence electrons. The van der Waals surface area contributed by atoms with Crippen molar-refractivity contribution in [1.29, 1.82) is 0 Å². The standard InChI is InChI=1S/C13H7F5N2O4S/c14-10-4-2-8(6-9(10)13(16,17)18)25(23,24)19-7-1-3-11(15)12(5-7)20(21)22/h1-6,19H. The van der Waals surface area contributed by atoms with Crippen molar-refractivity contribution in [3.05, 3.63) is 63.7 Å². The molecule has 2 aromatic carbocycles. The normalized spacial score (nSPS) is 12.0. The van der Waals surface area contributed by atoms with Crippen molar-refractivity contribution < 1.29 is 35.3 Å².